The summed E-state index contributed by atoms with van der Waals surface area (Å²) >= 11 is 0. The fourth-order valence-electron chi connectivity index (χ4n) is 2.25. The molecule has 2 nitrogen and oxygen atoms in total. The molecule has 0 atom stereocenters. The van der Waals surface area contributed by atoms with Gasteiger partial charge in [-0.05, 0) is 50.7 Å². The van der Waals surface area contributed by atoms with Crippen molar-refractivity contribution in [1.29, 1.82) is 5.26 Å². The molecule has 0 saturated carbocycles. The summed E-state index contributed by atoms with van der Waals surface area (Å²) in [5.74, 6) is -0.258. The van der Waals surface area contributed by atoms with E-state index in [4.69, 9.17) is 0 Å². The number of nitriles is 1. The van der Waals surface area contributed by atoms with Crippen molar-refractivity contribution < 1.29 is 4.39 Å². The Kier molecular flexibility index (Phi) is 2.93. The van der Waals surface area contributed by atoms with Crippen LogP contribution in [0.2, 0.25) is 0 Å². The third-order valence-electron chi connectivity index (χ3n) is 3.43. The van der Waals surface area contributed by atoms with Crippen LogP contribution in [0.25, 0.3) is 0 Å². The van der Waals surface area contributed by atoms with Gasteiger partial charge in [-0.25, -0.2) is 4.39 Å². The number of benzene rings is 1. The number of likely N-dealkylation sites (tertiary alicyclic amines) is 1. The molecule has 0 unspecified atom stereocenters. The van der Waals surface area contributed by atoms with E-state index in [9.17, 15) is 9.65 Å². The third kappa shape index (κ3) is 1.94. The smallest absolute Gasteiger partial charge is 0.123 e. The second kappa shape index (κ2) is 4.23. The van der Waals surface area contributed by atoms with E-state index in [0.717, 1.165) is 31.5 Å². The molecule has 84 valence electrons. The van der Waals surface area contributed by atoms with Crippen molar-refractivity contribution in [2.24, 2.45) is 0 Å². The molecule has 0 radical (unpaired) electrons. The Bertz CT molecular complexity index is 414. The van der Waals surface area contributed by atoms with Crippen LogP contribution in [0.4, 0.5) is 4.39 Å². The summed E-state index contributed by atoms with van der Waals surface area (Å²) in [4.78, 5) is 2.20. The van der Waals surface area contributed by atoms with Crippen molar-refractivity contribution in [3.8, 4) is 6.07 Å². The van der Waals surface area contributed by atoms with Crippen molar-refractivity contribution in [3.05, 3.63) is 35.6 Å². The van der Waals surface area contributed by atoms with Crippen LogP contribution < -0.4 is 0 Å². The molecule has 0 bridgehead atoms. The fourth-order valence-corrected chi connectivity index (χ4v) is 2.25. The van der Waals surface area contributed by atoms with Crippen LogP contribution in [0.1, 0.15) is 18.4 Å². The predicted molar refractivity (Wildman–Crippen MR) is 60.4 cm³/mol. The molecular formula is C13H15FN2. The largest absolute Gasteiger partial charge is 0.306 e. The first-order chi connectivity index (χ1) is 7.66. The van der Waals surface area contributed by atoms with E-state index in [1.54, 1.807) is 6.07 Å². The number of halogens is 1. The lowest BCUT2D eigenvalue weighted by Crippen LogP contribution is -2.39. The summed E-state index contributed by atoms with van der Waals surface area (Å²) in [6, 6.07) is 8.84. The first kappa shape index (κ1) is 11.1. The molecule has 1 heterocycles. The van der Waals surface area contributed by atoms with Gasteiger partial charge in [0.2, 0.25) is 0 Å². The minimum absolute atomic E-state index is 0.258. The summed E-state index contributed by atoms with van der Waals surface area (Å²) in [7, 11) is 2.05. The molecule has 0 spiro atoms. The van der Waals surface area contributed by atoms with Gasteiger partial charge in [0, 0.05) is 0 Å². The molecule has 0 aliphatic carbocycles. The van der Waals surface area contributed by atoms with E-state index in [1.807, 2.05) is 13.1 Å². The molecule has 1 aliphatic heterocycles. The molecule has 1 saturated heterocycles. The number of rotatable bonds is 1. The van der Waals surface area contributed by atoms with Crippen molar-refractivity contribution in [2.45, 2.75) is 18.3 Å². The fraction of sp³-hybridized carbons (Fsp3) is 0.462. The Morgan fingerprint density at radius 1 is 1.38 bits per heavy atom. The molecule has 0 aromatic heterocycles. The SMILES string of the molecule is CN1CCC(C#N)(c2cccc(F)c2)CC1. The molecule has 2 rings (SSSR count). The lowest BCUT2D eigenvalue weighted by atomic mass is 9.74. The van der Waals surface area contributed by atoms with Gasteiger partial charge in [-0.1, -0.05) is 12.1 Å². The lowest BCUT2D eigenvalue weighted by molar-refractivity contribution is 0.221. The molecule has 0 amide bonds. The zero-order chi connectivity index (χ0) is 11.6. The highest BCUT2D eigenvalue weighted by molar-refractivity contribution is 5.33. The first-order valence-electron chi connectivity index (χ1n) is 5.52. The predicted octanol–water partition coefficient (Wildman–Crippen LogP) is 2.31. The van der Waals surface area contributed by atoms with Gasteiger partial charge in [-0.15, -0.1) is 0 Å². The number of hydrogen-bond donors (Lipinski definition) is 0. The maximum Gasteiger partial charge on any atom is 0.123 e. The standard InChI is InChI=1S/C13H15FN2/c1-16-7-5-13(10-15,6-8-16)11-3-2-4-12(14)9-11/h2-4,9H,5-8H2,1H3. The van der Waals surface area contributed by atoms with Crippen molar-refractivity contribution in [2.75, 3.05) is 20.1 Å². The van der Waals surface area contributed by atoms with Crippen molar-refractivity contribution >= 4 is 0 Å². The zero-order valence-electron chi connectivity index (χ0n) is 9.41. The Hall–Kier alpha value is -1.40. The Morgan fingerprint density at radius 2 is 2.06 bits per heavy atom. The highest BCUT2D eigenvalue weighted by Gasteiger charge is 2.35. The summed E-state index contributed by atoms with van der Waals surface area (Å²) in [6.45, 7) is 1.79. The average Bonchev–Trinajstić information content (AvgIpc) is 2.31. The van der Waals surface area contributed by atoms with E-state index in [2.05, 4.69) is 11.0 Å². The van der Waals surface area contributed by atoms with Crippen molar-refractivity contribution in [3.63, 3.8) is 0 Å². The van der Waals surface area contributed by atoms with Crippen molar-refractivity contribution in [1.82, 2.24) is 4.90 Å². The minimum atomic E-state index is -0.491. The van der Waals surface area contributed by atoms with Crippen LogP contribution >= 0.6 is 0 Å². The molecule has 0 N–H and O–H groups in total. The molecular weight excluding hydrogens is 203 g/mol. The van der Waals surface area contributed by atoms with E-state index in [1.165, 1.54) is 12.1 Å². The van der Waals surface area contributed by atoms with Gasteiger partial charge in [0.25, 0.3) is 0 Å². The van der Waals surface area contributed by atoms with Crippen LogP contribution in [0.15, 0.2) is 24.3 Å². The average molecular weight is 218 g/mol. The van der Waals surface area contributed by atoms with Crippen LogP contribution in [-0.2, 0) is 5.41 Å². The quantitative estimate of drug-likeness (QED) is 0.723. The third-order valence-corrected chi connectivity index (χ3v) is 3.43. The van der Waals surface area contributed by atoms with E-state index >= 15 is 0 Å². The summed E-state index contributed by atoms with van der Waals surface area (Å²) in [5.41, 5.74) is 0.331. The second-order valence-corrected chi connectivity index (χ2v) is 4.51. The van der Waals surface area contributed by atoms with E-state index in [0.29, 0.717) is 0 Å². The second-order valence-electron chi connectivity index (χ2n) is 4.51. The van der Waals surface area contributed by atoms with Gasteiger partial charge < -0.3 is 4.90 Å². The Morgan fingerprint density at radius 3 is 2.62 bits per heavy atom. The maximum absolute atomic E-state index is 13.2. The zero-order valence-corrected chi connectivity index (χ0v) is 9.41. The van der Waals surface area contributed by atoms with Gasteiger partial charge in [0.05, 0.1) is 11.5 Å². The minimum Gasteiger partial charge on any atom is -0.306 e. The van der Waals surface area contributed by atoms with Gasteiger partial charge in [0.15, 0.2) is 0 Å². The van der Waals surface area contributed by atoms with Crippen LogP contribution in [0, 0.1) is 17.1 Å². The van der Waals surface area contributed by atoms with E-state index in [-0.39, 0.29) is 5.82 Å². The molecule has 1 fully saturated rings. The molecule has 16 heavy (non-hydrogen) atoms. The van der Waals surface area contributed by atoms with E-state index < -0.39 is 5.41 Å². The summed E-state index contributed by atoms with van der Waals surface area (Å²) in [5, 5.41) is 9.38. The summed E-state index contributed by atoms with van der Waals surface area (Å²) < 4.78 is 13.2. The van der Waals surface area contributed by atoms with Gasteiger partial charge >= 0.3 is 0 Å². The lowest BCUT2D eigenvalue weighted by Gasteiger charge is -2.35. The number of piperidine rings is 1. The monoisotopic (exact) mass is 218 g/mol. The highest BCUT2D eigenvalue weighted by Crippen LogP contribution is 2.34. The van der Waals surface area contributed by atoms with Gasteiger partial charge in [0.1, 0.15) is 5.82 Å². The molecule has 1 aromatic rings. The molecule has 3 heteroatoms. The highest BCUT2D eigenvalue weighted by atomic mass is 19.1. The Labute approximate surface area is 95.3 Å². The van der Waals surface area contributed by atoms with Crippen LogP contribution in [0.3, 0.4) is 0 Å². The normalized spacial score (nSPS) is 20.3. The number of hydrogen-bond acceptors (Lipinski definition) is 2. The molecule has 1 aliphatic rings. The van der Waals surface area contributed by atoms with Crippen LogP contribution in [0.5, 0.6) is 0 Å². The topological polar surface area (TPSA) is 27.0 Å². The van der Waals surface area contributed by atoms with Crippen LogP contribution in [-0.4, -0.2) is 25.0 Å². The number of nitrogens with zero attached hydrogens (tertiary/aromatic N) is 2. The first-order valence-corrected chi connectivity index (χ1v) is 5.52. The van der Waals surface area contributed by atoms with Gasteiger partial charge in [-0.2, -0.15) is 5.26 Å². The molecule has 1 aromatic carbocycles. The summed E-state index contributed by atoms with van der Waals surface area (Å²) in [6.07, 6.45) is 1.56. The van der Waals surface area contributed by atoms with Gasteiger partial charge in [-0.3, -0.25) is 0 Å². The maximum atomic E-state index is 13.2. The Balaban J connectivity index is 2.32.